The van der Waals surface area contributed by atoms with E-state index in [1.54, 1.807) is 11.3 Å². The van der Waals surface area contributed by atoms with E-state index in [4.69, 9.17) is 4.52 Å². The highest BCUT2D eigenvalue weighted by atomic mass is 35.5. The van der Waals surface area contributed by atoms with Gasteiger partial charge in [-0.25, -0.2) is 0 Å². The van der Waals surface area contributed by atoms with E-state index in [2.05, 4.69) is 20.4 Å². The van der Waals surface area contributed by atoms with Gasteiger partial charge in [0.05, 0.1) is 11.4 Å². The van der Waals surface area contributed by atoms with Gasteiger partial charge in [-0.3, -0.25) is 4.90 Å². The van der Waals surface area contributed by atoms with Gasteiger partial charge in [0, 0.05) is 0 Å². The third kappa shape index (κ3) is 4.26. The Labute approximate surface area is 135 Å². The molecule has 0 spiro atoms. The largest absolute Gasteiger partial charge is 0.338 e. The van der Waals surface area contributed by atoms with Crippen LogP contribution in [0.4, 0.5) is 0 Å². The van der Waals surface area contributed by atoms with E-state index in [0.29, 0.717) is 5.82 Å². The fourth-order valence-electron chi connectivity index (χ4n) is 2.65. The van der Waals surface area contributed by atoms with Crippen molar-refractivity contribution in [2.75, 3.05) is 26.7 Å². The topological polar surface area (TPSA) is 54.2 Å². The number of likely N-dealkylation sites (tertiary alicyclic amines) is 1. The van der Waals surface area contributed by atoms with Crippen LogP contribution in [-0.2, 0) is 6.54 Å². The Balaban J connectivity index is 0.00000161. The third-order valence-corrected chi connectivity index (χ3v) is 4.63. The molecular formula is C14H21ClN4OS. The van der Waals surface area contributed by atoms with Crippen molar-refractivity contribution in [3.8, 4) is 10.7 Å². The van der Waals surface area contributed by atoms with Crippen LogP contribution in [0.15, 0.2) is 22.0 Å². The fourth-order valence-corrected chi connectivity index (χ4v) is 3.30. The summed E-state index contributed by atoms with van der Waals surface area (Å²) in [5.74, 6) is 2.24. The summed E-state index contributed by atoms with van der Waals surface area (Å²) in [4.78, 5) is 7.94. The molecule has 2 aromatic heterocycles. The van der Waals surface area contributed by atoms with Crippen LogP contribution in [-0.4, -0.2) is 41.7 Å². The summed E-state index contributed by atoms with van der Waals surface area (Å²) in [5, 5.41) is 9.34. The Hall–Kier alpha value is -0.950. The number of piperidine rings is 1. The van der Waals surface area contributed by atoms with Crippen LogP contribution in [0.1, 0.15) is 18.7 Å². The zero-order chi connectivity index (χ0) is 13.8. The molecule has 0 saturated carbocycles. The molecule has 3 rings (SSSR count). The lowest BCUT2D eigenvalue weighted by molar-refractivity contribution is 0.159. The minimum absolute atomic E-state index is 0. The van der Waals surface area contributed by atoms with Crippen LogP contribution >= 0.6 is 23.7 Å². The lowest BCUT2D eigenvalue weighted by atomic mass is 9.97. The zero-order valence-corrected chi connectivity index (χ0v) is 13.8. The second kappa shape index (κ2) is 7.89. The van der Waals surface area contributed by atoms with E-state index in [9.17, 15) is 0 Å². The van der Waals surface area contributed by atoms with E-state index < -0.39 is 0 Å². The van der Waals surface area contributed by atoms with Gasteiger partial charge in [-0.15, -0.1) is 23.7 Å². The maximum absolute atomic E-state index is 5.36. The molecular weight excluding hydrogens is 308 g/mol. The highest BCUT2D eigenvalue weighted by Gasteiger charge is 2.20. The van der Waals surface area contributed by atoms with Gasteiger partial charge in [0.25, 0.3) is 0 Å². The lowest BCUT2D eigenvalue weighted by Gasteiger charge is -2.30. The normalized spacial score (nSPS) is 16.8. The number of halogens is 1. The molecule has 1 N–H and O–H groups in total. The van der Waals surface area contributed by atoms with Crippen molar-refractivity contribution in [1.29, 1.82) is 0 Å². The Morgan fingerprint density at radius 1 is 1.43 bits per heavy atom. The molecule has 1 saturated heterocycles. The average Bonchev–Trinajstić information content (AvgIpc) is 3.12. The third-order valence-electron chi connectivity index (χ3n) is 3.77. The molecule has 5 nitrogen and oxygen atoms in total. The van der Waals surface area contributed by atoms with Gasteiger partial charge < -0.3 is 9.84 Å². The van der Waals surface area contributed by atoms with Crippen molar-refractivity contribution in [3.63, 3.8) is 0 Å². The van der Waals surface area contributed by atoms with Gasteiger partial charge in [-0.05, 0) is 56.9 Å². The molecule has 0 aromatic carbocycles. The molecule has 1 aliphatic rings. The molecule has 0 aliphatic carbocycles. The summed E-state index contributed by atoms with van der Waals surface area (Å²) in [6.07, 6.45) is 2.49. The molecule has 0 unspecified atom stereocenters. The Kier molecular flexibility index (Phi) is 6.17. The maximum atomic E-state index is 5.36. The highest BCUT2D eigenvalue weighted by Crippen LogP contribution is 2.22. The SMILES string of the molecule is CNCC1CCN(Cc2nc(-c3cccs3)no2)CC1.Cl. The Morgan fingerprint density at radius 3 is 2.90 bits per heavy atom. The first-order chi connectivity index (χ1) is 9.85. The van der Waals surface area contributed by atoms with Crippen LogP contribution in [0.2, 0.25) is 0 Å². The number of aromatic nitrogens is 2. The maximum Gasteiger partial charge on any atom is 0.241 e. The van der Waals surface area contributed by atoms with Gasteiger partial charge in [0.2, 0.25) is 11.7 Å². The van der Waals surface area contributed by atoms with E-state index in [0.717, 1.165) is 42.9 Å². The van der Waals surface area contributed by atoms with Crippen LogP contribution in [0.25, 0.3) is 10.7 Å². The van der Waals surface area contributed by atoms with E-state index in [1.165, 1.54) is 12.8 Å². The van der Waals surface area contributed by atoms with Crippen molar-refractivity contribution in [2.24, 2.45) is 5.92 Å². The Bertz CT molecular complexity index is 523. The molecule has 0 amide bonds. The van der Waals surface area contributed by atoms with Crippen molar-refractivity contribution < 1.29 is 4.52 Å². The second-order valence-corrected chi connectivity index (χ2v) is 6.21. The summed E-state index contributed by atoms with van der Waals surface area (Å²) in [7, 11) is 2.02. The van der Waals surface area contributed by atoms with Gasteiger partial charge >= 0.3 is 0 Å². The van der Waals surface area contributed by atoms with E-state index >= 15 is 0 Å². The number of hydrogen-bond donors (Lipinski definition) is 1. The average molecular weight is 329 g/mol. The number of nitrogens with one attached hydrogen (secondary N) is 1. The summed E-state index contributed by atoms with van der Waals surface area (Å²) in [6, 6.07) is 4.02. The van der Waals surface area contributed by atoms with Crippen molar-refractivity contribution in [1.82, 2.24) is 20.4 Å². The summed E-state index contributed by atoms with van der Waals surface area (Å²) < 4.78 is 5.36. The molecule has 0 atom stereocenters. The predicted molar refractivity (Wildman–Crippen MR) is 86.8 cm³/mol. The number of nitrogens with zero attached hydrogens (tertiary/aromatic N) is 3. The van der Waals surface area contributed by atoms with Crippen LogP contribution in [0.5, 0.6) is 0 Å². The zero-order valence-electron chi connectivity index (χ0n) is 12.1. The smallest absolute Gasteiger partial charge is 0.241 e. The predicted octanol–water partition coefficient (Wildman–Crippen LogP) is 2.65. The van der Waals surface area contributed by atoms with Crippen LogP contribution in [0, 0.1) is 5.92 Å². The first kappa shape index (κ1) is 16.4. The molecule has 1 aliphatic heterocycles. The standard InChI is InChI=1S/C14H20N4OS.ClH/c1-15-9-11-4-6-18(7-5-11)10-13-16-14(17-19-13)12-3-2-8-20-12;/h2-3,8,11,15H,4-7,9-10H2,1H3;1H. The molecule has 0 bridgehead atoms. The monoisotopic (exact) mass is 328 g/mol. The molecule has 0 radical (unpaired) electrons. The second-order valence-electron chi connectivity index (χ2n) is 5.27. The molecule has 3 heterocycles. The first-order valence-electron chi connectivity index (χ1n) is 7.08. The number of hydrogen-bond acceptors (Lipinski definition) is 6. The highest BCUT2D eigenvalue weighted by molar-refractivity contribution is 7.13. The van der Waals surface area contributed by atoms with Gasteiger partial charge in [0.1, 0.15) is 0 Å². The quantitative estimate of drug-likeness (QED) is 0.914. The summed E-state index contributed by atoms with van der Waals surface area (Å²) >= 11 is 1.64. The fraction of sp³-hybridized carbons (Fsp3) is 0.571. The van der Waals surface area contributed by atoms with E-state index in [1.807, 2.05) is 24.6 Å². The van der Waals surface area contributed by atoms with Crippen molar-refractivity contribution >= 4 is 23.7 Å². The molecule has 1 fully saturated rings. The van der Waals surface area contributed by atoms with Crippen molar-refractivity contribution in [2.45, 2.75) is 19.4 Å². The number of rotatable bonds is 5. The first-order valence-corrected chi connectivity index (χ1v) is 7.96. The summed E-state index contributed by atoms with van der Waals surface area (Å²) in [6.45, 7) is 4.12. The molecule has 21 heavy (non-hydrogen) atoms. The van der Waals surface area contributed by atoms with Gasteiger partial charge in [-0.1, -0.05) is 11.2 Å². The van der Waals surface area contributed by atoms with Gasteiger partial charge in [-0.2, -0.15) is 4.98 Å². The minimum Gasteiger partial charge on any atom is -0.338 e. The van der Waals surface area contributed by atoms with Crippen LogP contribution < -0.4 is 5.32 Å². The van der Waals surface area contributed by atoms with Crippen LogP contribution in [0.3, 0.4) is 0 Å². The molecule has 2 aromatic rings. The molecule has 116 valence electrons. The van der Waals surface area contributed by atoms with Crippen molar-refractivity contribution in [3.05, 3.63) is 23.4 Å². The van der Waals surface area contributed by atoms with Gasteiger partial charge in [0.15, 0.2) is 0 Å². The number of thiophene rings is 1. The van der Waals surface area contributed by atoms with E-state index in [-0.39, 0.29) is 12.4 Å². The minimum atomic E-state index is 0. The summed E-state index contributed by atoms with van der Waals surface area (Å²) in [5.41, 5.74) is 0. The lowest BCUT2D eigenvalue weighted by Crippen LogP contribution is -2.36. The molecule has 7 heteroatoms. The Morgan fingerprint density at radius 2 is 2.24 bits per heavy atom.